The molecule has 0 saturated heterocycles. The minimum Gasteiger partial charge on any atom is -0.396 e. The van der Waals surface area contributed by atoms with Gasteiger partial charge in [0.15, 0.2) is 0 Å². The lowest BCUT2D eigenvalue weighted by Crippen LogP contribution is -2.24. The second-order valence-electron chi connectivity index (χ2n) is 4.29. The zero-order valence-electron chi connectivity index (χ0n) is 10.5. The van der Waals surface area contributed by atoms with Crippen LogP contribution in [0.2, 0.25) is 5.02 Å². The van der Waals surface area contributed by atoms with Gasteiger partial charge in [-0.3, -0.25) is 4.90 Å². The van der Waals surface area contributed by atoms with Gasteiger partial charge in [0.05, 0.1) is 10.7 Å². The Labute approximate surface area is 112 Å². The molecule has 0 atom stereocenters. The van der Waals surface area contributed by atoms with Crippen LogP contribution in [0.15, 0.2) is 24.5 Å². The van der Waals surface area contributed by atoms with Crippen LogP contribution in [0.25, 0.3) is 5.65 Å². The second kappa shape index (κ2) is 6.18. The first kappa shape index (κ1) is 13.3. The number of aliphatic hydroxyl groups excluding tert-OH is 1. The summed E-state index contributed by atoms with van der Waals surface area (Å²) < 4.78 is 1.94. The normalized spacial score (nSPS) is 11.6. The van der Waals surface area contributed by atoms with Crippen molar-refractivity contribution in [3.8, 4) is 0 Å². The topological polar surface area (TPSA) is 40.8 Å². The van der Waals surface area contributed by atoms with E-state index in [-0.39, 0.29) is 6.61 Å². The van der Waals surface area contributed by atoms with E-state index in [1.165, 1.54) is 0 Å². The highest BCUT2D eigenvalue weighted by atomic mass is 35.5. The summed E-state index contributed by atoms with van der Waals surface area (Å²) in [6, 6.07) is 3.76. The van der Waals surface area contributed by atoms with Crippen LogP contribution >= 0.6 is 11.6 Å². The summed E-state index contributed by atoms with van der Waals surface area (Å²) in [6.45, 7) is 4.99. The molecule has 2 heterocycles. The van der Waals surface area contributed by atoms with E-state index in [0.717, 1.165) is 37.4 Å². The van der Waals surface area contributed by atoms with Crippen molar-refractivity contribution in [3.63, 3.8) is 0 Å². The lowest BCUT2D eigenvalue weighted by atomic mass is 10.3. The number of aromatic nitrogens is 2. The number of fused-ring (bicyclic) bond motifs is 1. The molecular formula is C13H18ClN3O. The van der Waals surface area contributed by atoms with E-state index in [2.05, 4.69) is 16.8 Å². The van der Waals surface area contributed by atoms with Crippen LogP contribution in [-0.2, 0) is 6.54 Å². The molecule has 2 aromatic rings. The SMILES string of the molecule is CCN(CCCO)Cc1cn2cc(Cl)ccc2n1. The minimum atomic E-state index is 0.233. The average Bonchev–Trinajstić information content (AvgIpc) is 2.75. The van der Waals surface area contributed by atoms with Crippen LogP contribution in [0, 0.1) is 0 Å². The van der Waals surface area contributed by atoms with E-state index in [0.29, 0.717) is 5.02 Å². The number of pyridine rings is 1. The number of halogens is 1. The van der Waals surface area contributed by atoms with Crippen molar-refractivity contribution < 1.29 is 5.11 Å². The van der Waals surface area contributed by atoms with E-state index in [1.807, 2.05) is 28.9 Å². The van der Waals surface area contributed by atoms with Gasteiger partial charge in [0.1, 0.15) is 5.65 Å². The van der Waals surface area contributed by atoms with Crippen molar-refractivity contribution >= 4 is 17.2 Å². The Hall–Kier alpha value is -1.10. The van der Waals surface area contributed by atoms with Crippen molar-refractivity contribution in [2.75, 3.05) is 19.7 Å². The van der Waals surface area contributed by atoms with Crippen LogP contribution in [-0.4, -0.2) is 39.1 Å². The Morgan fingerprint density at radius 2 is 2.22 bits per heavy atom. The number of aliphatic hydroxyl groups is 1. The van der Waals surface area contributed by atoms with Gasteiger partial charge in [-0.25, -0.2) is 4.98 Å². The third-order valence-corrected chi connectivity index (χ3v) is 3.15. The number of imidazole rings is 1. The third-order valence-electron chi connectivity index (χ3n) is 2.93. The summed E-state index contributed by atoms with van der Waals surface area (Å²) in [5.74, 6) is 0. The molecule has 0 saturated carbocycles. The van der Waals surface area contributed by atoms with Crippen molar-refractivity contribution in [1.29, 1.82) is 0 Å². The van der Waals surface area contributed by atoms with E-state index in [4.69, 9.17) is 16.7 Å². The van der Waals surface area contributed by atoms with E-state index >= 15 is 0 Å². The molecule has 4 nitrogen and oxygen atoms in total. The quantitative estimate of drug-likeness (QED) is 0.872. The average molecular weight is 268 g/mol. The predicted octanol–water partition coefficient (Wildman–Crippen LogP) is 2.19. The monoisotopic (exact) mass is 267 g/mol. The number of hydrogen-bond acceptors (Lipinski definition) is 3. The maximum atomic E-state index is 8.86. The first-order valence-corrected chi connectivity index (χ1v) is 6.57. The summed E-state index contributed by atoms with van der Waals surface area (Å²) in [5.41, 5.74) is 1.93. The van der Waals surface area contributed by atoms with Crippen LogP contribution in [0.4, 0.5) is 0 Å². The Morgan fingerprint density at radius 3 is 2.94 bits per heavy atom. The standard InChI is InChI=1S/C13H18ClN3O/c1-2-16(6-3-7-18)9-12-10-17-8-11(14)4-5-13(17)15-12/h4-5,8,10,18H,2-3,6-7,9H2,1H3. The first-order chi connectivity index (χ1) is 8.72. The zero-order valence-corrected chi connectivity index (χ0v) is 11.3. The summed E-state index contributed by atoms with van der Waals surface area (Å²) in [6.07, 6.45) is 4.66. The van der Waals surface area contributed by atoms with Gasteiger partial charge in [-0.05, 0) is 25.1 Å². The van der Waals surface area contributed by atoms with E-state index in [1.54, 1.807) is 0 Å². The highest BCUT2D eigenvalue weighted by molar-refractivity contribution is 6.30. The maximum Gasteiger partial charge on any atom is 0.137 e. The highest BCUT2D eigenvalue weighted by Crippen LogP contribution is 2.13. The molecule has 0 aliphatic rings. The Kier molecular flexibility index (Phi) is 4.58. The molecule has 0 radical (unpaired) electrons. The molecule has 0 spiro atoms. The maximum absolute atomic E-state index is 8.86. The van der Waals surface area contributed by atoms with Gasteiger partial charge >= 0.3 is 0 Å². The summed E-state index contributed by atoms with van der Waals surface area (Å²) >= 11 is 5.94. The summed E-state index contributed by atoms with van der Waals surface area (Å²) in [5, 5.41) is 9.57. The first-order valence-electron chi connectivity index (χ1n) is 6.19. The van der Waals surface area contributed by atoms with Crippen molar-refractivity contribution in [3.05, 3.63) is 35.2 Å². The van der Waals surface area contributed by atoms with Crippen molar-refractivity contribution in [2.45, 2.75) is 19.9 Å². The number of hydrogen-bond donors (Lipinski definition) is 1. The fraction of sp³-hybridized carbons (Fsp3) is 0.462. The fourth-order valence-electron chi connectivity index (χ4n) is 1.97. The van der Waals surface area contributed by atoms with Gasteiger partial charge in [-0.15, -0.1) is 0 Å². The molecule has 18 heavy (non-hydrogen) atoms. The Morgan fingerprint density at radius 1 is 1.39 bits per heavy atom. The number of rotatable bonds is 6. The molecule has 2 rings (SSSR count). The molecule has 1 N–H and O–H groups in total. The molecule has 2 aromatic heterocycles. The van der Waals surface area contributed by atoms with Crippen LogP contribution in [0.5, 0.6) is 0 Å². The molecule has 0 amide bonds. The lowest BCUT2D eigenvalue weighted by molar-refractivity contribution is 0.224. The molecule has 0 aliphatic carbocycles. The van der Waals surface area contributed by atoms with Crippen molar-refractivity contribution in [2.24, 2.45) is 0 Å². The molecule has 98 valence electrons. The second-order valence-corrected chi connectivity index (χ2v) is 4.73. The Balaban J connectivity index is 2.10. The number of nitrogens with zero attached hydrogens (tertiary/aromatic N) is 3. The van der Waals surface area contributed by atoms with Crippen molar-refractivity contribution in [1.82, 2.24) is 14.3 Å². The molecule has 0 aromatic carbocycles. The minimum absolute atomic E-state index is 0.233. The van der Waals surface area contributed by atoms with Crippen LogP contribution < -0.4 is 0 Å². The van der Waals surface area contributed by atoms with Gasteiger partial charge in [0.25, 0.3) is 0 Å². The predicted molar refractivity (Wildman–Crippen MR) is 72.9 cm³/mol. The largest absolute Gasteiger partial charge is 0.396 e. The molecule has 0 bridgehead atoms. The molecule has 0 fully saturated rings. The van der Waals surface area contributed by atoms with Crippen LogP contribution in [0.1, 0.15) is 19.0 Å². The highest BCUT2D eigenvalue weighted by Gasteiger charge is 2.07. The molecule has 5 heteroatoms. The Bertz CT molecular complexity index is 512. The molecular weight excluding hydrogens is 250 g/mol. The van der Waals surface area contributed by atoms with Gasteiger partial charge in [-0.1, -0.05) is 18.5 Å². The zero-order chi connectivity index (χ0) is 13.0. The van der Waals surface area contributed by atoms with Crippen LogP contribution in [0.3, 0.4) is 0 Å². The fourth-order valence-corrected chi connectivity index (χ4v) is 2.13. The van der Waals surface area contributed by atoms with Gasteiger partial charge in [-0.2, -0.15) is 0 Å². The van der Waals surface area contributed by atoms with E-state index in [9.17, 15) is 0 Å². The van der Waals surface area contributed by atoms with Gasteiger partial charge < -0.3 is 9.51 Å². The van der Waals surface area contributed by atoms with Gasteiger partial charge in [0, 0.05) is 32.1 Å². The third kappa shape index (κ3) is 3.22. The smallest absolute Gasteiger partial charge is 0.137 e. The van der Waals surface area contributed by atoms with Gasteiger partial charge in [0.2, 0.25) is 0 Å². The molecule has 0 aliphatic heterocycles. The van der Waals surface area contributed by atoms with E-state index < -0.39 is 0 Å². The molecule has 0 unspecified atom stereocenters. The lowest BCUT2D eigenvalue weighted by Gasteiger charge is -2.18. The summed E-state index contributed by atoms with van der Waals surface area (Å²) in [7, 11) is 0. The summed E-state index contributed by atoms with van der Waals surface area (Å²) in [4.78, 5) is 6.81.